The lowest BCUT2D eigenvalue weighted by Gasteiger charge is -2.01. The molecule has 0 radical (unpaired) electrons. The lowest BCUT2D eigenvalue weighted by atomic mass is 10.1. The number of phenolic OH excluding ortho intramolecular Hbond substituents is 1. The first-order chi connectivity index (χ1) is 5.77. The molecule has 0 saturated heterocycles. The summed E-state index contributed by atoms with van der Waals surface area (Å²) in [6, 6.07) is 11.2. The summed E-state index contributed by atoms with van der Waals surface area (Å²) in [7, 11) is 0. The fraction of sp³-hybridized carbons (Fsp3) is 0. The molecule has 0 aliphatic rings. The minimum atomic E-state index is 0.147. The van der Waals surface area contributed by atoms with E-state index in [4.69, 9.17) is 5.73 Å². The van der Waals surface area contributed by atoms with Crippen LogP contribution in [0.15, 0.2) is 36.4 Å². The minimum Gasteiger partial charge on any atom is -0.506 e. The molecule has 2 heteroatoms. The van der Waals surface area contributed by atoms with Crippen LogP contribution in [-0.2, 0) is 0 Å². The molecule has 2 nitrogen and oxygen atoms in total. The molecular weight excluding hydrogens is 151 g/mol. The fourth-order valence-electron chi connectivity index (χ4n) is 1.25. The van der Waals surface area contributed by atoms with Gasteiger partial charge in [0.05, 0.1) is 5.69 Å². The topological polar surface area (TPSA) is 46.2 Å². The average molecular weight is 160 g/mol. The molecule has 60 valence electrons. The highest BCUT2D eigenvalue weighted by atomic mass is 16.3. The van der Waals surface area contributed by atoms with Gasteiger partial charge in [-0.25, -0.2) is 0 Å². The summed E-state index contributed by atoms with van der Waals surface area (Å²) in [4.78, 5) is 0. The van der Waals surface area contributed by atoms with Gasteiger partial charge in [-0.05, 0) is 22.9 Å². The third-order valence-electron chi connectivity index (χ3n) is 1.90. The Morgan fingerprint density at radius 1 is 1.00 bits per heavy atom. The molecule has 0 fully saturated rings. The van der Waals surface area contributed by atoms with Crippen molar-refractivity contribution >= 4 is 16.5 Å². The summed E-state index contributed by atoms with van der Waals surface area (Å²) in [5.41, 5.74) is 5.96. The van der Waals surface area contributed by atoms with Crippen molar-refractivity contribution in [2.24, 2.45) is 0 Å². The van der Waals surface area contributed by atoms with E-state index in [0.29, 0.717) is 5.69 Å². The van der Waals surface area contributed by atoms with E-state index in [1.807, 2.05) is 24.3 Å². The van der Waals surface area contributed by atoms with E-state index in [9.17, 15) is 5.11 Å². The quantitative estimate of drug-likeness (QED) is 0.458. The molecule has 2 aromatic rings. The number of hydrogen-bond acceptors (Lipinski definition) is 2. The monoisotopic (exact) mass is 160 g/mol. The highest BCUT2D eigenvalue weighted by molar-refractivity contribution is 5.87. The Labute approximate surface area is 70.2 Å². The zero-order valence-electron chi connectivity index (χ0n) is 6.49. The molecule has 12 heavy (non-hydrogen) atoms. The second-order valence-corrected chi connectivity index (χ2v) is 2.76. The van der Waals surface area contributed by atoms with Crippen LogP contribution >= 0.6 is 0 Å². The number of benzene rings is 2. The normalized spacial score (nSPS) is 10.3. The van der Waals surface area contributed by atoms with Gasteiger partial charge in [0.2, 0.25) is 0 Å². The number of anilines is 1. The summed E-state index contributed by atoms with van der Waals surface area (Å²) in [6.45, 7) is 0. The lowest BCUT2D eigenvalue weighted by molar-refractivity contribution is 0.479. The van der Waals surface area contributed by atoms with Crippen molar-refractivity contribution in [2.45, 2.75) is 0 Å². The highest BCUT2D eigenvalue weighted by Gasteiger charge is 1.98. The summed E-state index contributed by atoms with van der Waals surface area (Å²) in [5, 5.41) is 11.3. The van der Waals surface area contributed by atoms with E-state index >= 15 is 0 Å². The molecule has 2 rings (SSSR count). The van der Waals surface area contributed by atoms with Crippen LogP contribution in [0, 0.1) is 0 Å². The van der Waals surface area contributed by atoms with Crippen molar-refractivity contribution in [2.75, 3.05) is 5.73 Å². The first-order valence-corrected chi connectivity index (χ1v) is 3.74. The van der Waals surface area contributed by atoms with E-state index in [1.165, 1.54) is 0 Å². The molecule has 0 spiro atoms. The standard InChI is InChI=1S/C10H9NO/c11-9-5-7-3-1-2-4-8(7)6-10(9)12/h1-6,12H,11H2/i10+1. The molecule has 2 aromatic carbocycles. The van der Waals surface area contributed by atoms with Crippen LogP contribution in [0.1, 0.15) is 0 Å². The summed E-state index contributed by atoms with van der Waals surface area (Å²) < 4.78 is 0. The first-order valence-electron chi connectivity index (χ1n) is 3.74. The van der Waals surface area contributed by atoms with Gasteiger partial charge in [0, 0.05) is 0 Å². The zero-order valence-corrected chi connectivity index (χ0v) is 6.49. The van der Waals surface area contributed by atoms with Crippen molar-refractivity contribution in [1.82, 2.24) is 0 Å². The maximum Gasteiger partial charge on any atom is 0.139 e. The van der Waals surface area contributed by atoms with E-state index in [1.54, 1.807) is 12.1 Å². The molecule has 0 aliphatic carbocycles. The number of aromatic hydroxyl groups is 1. The Balaban J connectivity index is 2.84. The zero-order chi connectivity index (χ0) is 8.55. The molecule has 0 atom stereocenters. The minimum absolute atomic E-state index is 0.147. The molecule has 0 saturated carbocycles. The number of fused-ring (bicyclic) bond motifs is 1. The smallest absolute Gasteiger partial charge is 0.139 e. The maximum absolute atomic E-state index is 9.29. The second kappa shape index (κ2) is 2.41. The van der Waals surface area contributed by atoms with Crippen LogP contribution < -0.4 is 5.73 Å². The molecule has 0 bridgehead atoms. The lowest BCUT2D eigenvalue weighted by Crippen LogP contribution is -1.84. The van der Waals surface area contributed by atoms with Gasteiger partial charge < -0.3 is 10.8 Å². The van der Waals surface area contributed by atoms with Crippen LogP contribution in [-0.4, -0.2) is 5.11 Å². The highest BCUT2D eigenvalue weighted by Crippen LogP contribution is 2.26. The van der Waals surface area contributed by atoms with E-state index in [-0.39, 0.29) is 5.75 Å². The first kappa shape index (κ1) is 6.98. The fourth-order valence-corrected chi connectivity index (χ4v) is 1.25. The van der Waals surface area contributed by atoms with E-state index in [0.717, 1.165) is 10.8 Å². The Kier molecular flexibility index (Phi) is 1.40. The third-order valence-corrected chi connectivity index (χ3v) is 1.90. The average Bonchev–Trinajstić information content (AvgIpc) is 2.07. The van der Waals surface area contributed by atoms with Crippen LogP contribution in [0.5, 0.6) is 5.75 Å². The van der Waals surface area contributed by atoms with Gasteiger partial charge in [-0.15, -0.1) is 0 Å². The second-order valence-electron chi connectivity index (χ2n) is 2.76. The van der Waals surface area contributed by atoms with Crippen molar-refractivity contribution in [3.8, 4) is 5.75 Å². The third kappa shape index (κ3) is 0.975. The van der Waals surface area contributed by atoms with Gasteiger partial charge in [-0.1, -0.05) is 24.3 Å². The van der Waals surface area contributed by atoms with Crippen LogP contribution in [0.25, 0.3) is 10.8 Å². The number of hydrogen-bond donors (Lipinski definition) is 2. The van der Waals surface area contributed by atoms with Crippen molar-refractivity contribution in [3.05, 3.63) is 36.4 Å². The van der Waals surface area contributed by atoms with Gasteiger partial charge >= 0.3 is 0 Å². The predicted octanol–water partition coefficient (Wildman–Crippen LogP) is 2.13. The van der Waals surface area contributed by atoms with Gasteiger partial charge in [0.25, 0.3) is 0 Å². The van der Waals surface area contributed by atoms with E-state index in [2.05, 4.69) is 0 Å². The molecule has 0 aromatic heterocycles. The van der Waals surface area contributed by atoms with Gasteiger partial charge in [-0.3, -0.25) is 0 Å². The molecular formula is C10H9NO. The Morgan fingerprint density at radius 3 is 2.25 bits per heavy atom. The predicted molar refractivity (Wildman–Crippen MR) is 50.0 cm³/mol. The summed E-state index contributed by atoms with van der Waals surface area (Å²) in [5.74, 6) is 0.147. The number of nitrogen functional groups attached to an aromatic ring is 1. The SMILES string of the molecule is Nc1cc2ccccc2c[13c]1O. The molecule has 0 aliphatic heterocycles. The summed E-state index contributed by atoms with van der Waals surface area (Å²) >= 11 is 0. The molecule has 0 heterocycles. The van der Waals surface area contributed by atoms with Crippen LogP contribution in [0.2, 0.25) is 0 Å². The van der Waals surface area contributed by atoms with Crippen molar-refractivity contribution in [1.29, 1.82) is 0 Å². The molecule has 3 N–H and O–H groups in total. The summed E-state index contributed by atoms with van der Waals surface area (Å²) in [6.07, 6.45) is 0. The molecule has 0 amide bonds. The Morgan fingerprint density at radius 2 is 1.58 bits per heavy atom. The number of nitrogens with two attached hydrogens (primary N) is 1. The molecule has 0 unspecified atom stereocenters. The van der Waals surface area contributed by atoms with Crippen LogP contribution in [0.3, 0.4) is 0 Å². The number of phenols is 1. The Hall–Kier alpha value is -1.70. The van der Waals surface area contributed by atoms with Crippen molar-refractivity contribution < 1.29 is 5.11 Å². The van der Waals surface area contributed by atoms with Crippen LogP contribution in [0.4, 0.5) is 5.69 Å². The maximum atomic E-state index is 9.29. The van der Waals surface area contributed by atoms with Crippen molar-refractivity contribution in [3.63, 3.8) is 0 Å². The van der Waals surface area contributed by atoms with Gasteiger partial charge in [-0.2, -0.15) is 0 Å². The van der Waals surface area contributed by atoms with Gasteiger partial charge in [0.1, 0.15) is 5.75 Å². The largest absolute Gasteiger partial charge is 0.506 e. The van der Waals surface area contributed by atoms with Gasteiger partial charge in [0.15, 0.2) is 0 Å². The van der Waals surface area contributed by atoms with E-state index < -0.39 is 0 Å². The number of rotatable bonds is 0. The Bertz CT molecular complexity index is 383.